The molecule has 258 valence electrons. The summed E-state index contributed by atoms with van der Waals surface area (Å²) in [5.74, 6) is -0.102. The molecule has 6 rings (SSSR count). The fourth-order valence-electron chi connectivity index (χ4n) is 5.67. The van der Waals surface area contributed by atoms with Crippen LogP contribution in [0.15, 0.2) is 68.9 Å². The van der Waals surface area contributed by atoms with Crippen molar-refractivity contribution in [3.63, 3.8) is 0 Å². The smallest absolute Gasteiger partial charge is 0.446 e. The molecular weight excluding hydrogens is 663 g/mol. The molecular formula is C33H34F3N7O5S. The lowest BCUT2D eigenvalue weighted by molar-refractivity contribution is -0.116. The maximum Gasteiger partial charge on any atom is 0.446 e. The minimum Gasteiger partial charge on any atom is -0.464 e. The van der Waals surface area contributed by atoms with Crippen molar-refractivity contribution in [2.45, 2.75) is 56.7 Å². The number of hydrogen-bond donors (Lipinski definition) is 1. The highest BCUT2D eigenvalue weighted by atomic mass is 32.2. The molecule has 0 aliphatic carbocycles. The first-order valence-electron chi connectivity index (χ1n) is 15.6. The molecule has 1 aliphatic rings. The number of thioether (sulfide) groups is 1. The van der Waals surface area contributed by atoms with Crippen molar-refractivity contribution in [1.29, 1.82) is 0 Å². The molecule has 1 fully saturated rings. The molecule has 0 atom stereocenters. The monoisotopic (exact) mass is 697 g/mol. The van der Waals surface area contributed by atoms with E-state index in [2.05, 4.69) is 10.4 Å². The Bertz CT molecular complexity index is 2080. The van der Waals surface area contributed by atoms with E-state index < -0.39 is 28.7 Å². The molecule has 2 amide bonds. The number of ether oxygens (including phenoxy) is 1. The third-order valence-corrected chi connectivity index (χ3v) is 8.54. The molecule has 12 nitrogen and oxygen atoms in total. The van der Waals surface area contributed by atoms with Crippen LogP contribution in [0.1, 0.15) is 33.4 Å². The minimum atomic E-state index is -4.43. The van der Waals surface area contributed by atoms with E-state index in [1.807, 2.05) is 30.0 Å². The van der Waals surface area contributed by atoms with Gasteiger partial charge in [0.15, 0.2) is 5.82 Å². The van der Waals surface area contributed by atoms with Gasteiger partial charge >= 0.3 is 11.6 Å². The van der Waals surface area contributed by atoms with Crippen LogP contribution in [-0.4, -0.2) is 73.4 Å². The average Bonchev–Trinajstić information content (AvgIpc) is 3.69. The molecule has 0 bridgehead atoms. The van der Waals surface area contributed by atoms with E-state index in [0.717, 1.165) is 5.39 Å². The van der Waals surface area contributed by atoms with Crippen LogP contribution in [0.5, 0.6) is 0 Å². The first-order valence-corrected chi connectivity index (χ1v) is 16.4. The number of amides is 2. The van der Waals surface area contributed by atoms with Crippen LogP contribution in [0.25, 0.3) is 28.1 Å². The van der Waals surface area contributed by atoms with Gasteiger partial charge in [-0.2, -0.15) is 22.7 Å². The molecule has 0 spiro atoms. The van der Waals surface area contributed by atoms with Crippen molar-refractivity contribution in [2.24, 2.45) is 0 Å². The van der Waals surface area contributed by atoms with Crippen LogP contribution in [0.3, 0.4) is 0 Å². The Kier molecular flexibility index (Phi) is 9.09. The number of halogens is 3. The zero-order chi connectivity index (χ0) is 35.1. The van der Waals surface area contributed by atoms with Crippen molar-refractivity contribution in [2.75, 3.05) is 36.4 Å². The number of piperazine rings is 1. The van der Waals surface area contributed by atoms with Gasteiger partial charge in [0.2, 0.25) is 11.7 Å². The summed E-state index contributed by atoms with van der Waals surface area (Å²) < 4.78 is 52.2. The molecule has 2 aromatic carbocycles. The summed E-state index contributed by atoms with van der Waals surface area (Å²) in [5.41, 5.74) is -3.12. The number of carbonyl (C=O) groups is 2. The van der Waals surface area contributed by atoms with Gasteiger partial charge in [-0.15, -0.1) is 5.10 Å². The molecule has 1 saturated heterocycles. The van der Waals surface area contributed by atoms with E-state index in [4.69, 9.17) is 14.1 Å². The van der Waals surface area contributed by atoms with Gasteiger partial charge in [0.05, 0.1) is 12.0 Å². The molecule has 1 N–H and O–H groups in total. The van der Waals surface area contributed by atoms with Crippen molar-refractivity contribution in [3.8, 4) is 11.4 Å². The summed E-state index contributed by atoms with van der Waals surface area (Å²) in [6.07, 6.45) is 1.48. The van der Waals surface area contributed by atoms with Crippen molar-refractivity contribution >= 4 is 51.9 Å². The Morgan fingerprint density at radius 2 is 1.73 bits per heavy atom. The van der Waals surface area contributed by atoms with Crippen LogP contribution >= 0.6 is 11.8 Å². The Morgan fingerprint density at radius 1 is 1.02 bits per heavy atom. The number of furan rings is 1. The number of hydrogen-bond acceptors (Lipinski definition) is 9. The number of alkyl halides is 3. The predicted molar refractivity (Wildman–Crippen MR) is 179 cm³/mol. The normalized spacial score (nSPS) is 14.1. The second-order valence-electron chi connectivity index (χ2n) is 12.4. The standard InChI is InChI=1S/C33H34F3N7O5S/c1-5-24-27(40-13-15-41(16-14-40)31(46)48-32(2,3)4)29(45)43-30(38-28(39-43)21-7-6-20-12-17-47-25(20)18-21)42(24)19-26(44)37-22-8-10-23(11-9-22)49-33(34,35)36/h6-12,17-18H,5,13-16,19H2,1-4H3,(H,37,44). The first kappa shape index (κ1) is 33.9. The fourth-order valence-corrected chi connectivity index (χ4v) is 6.21. The number of carbonyl (C=O) groups excluding carboxylic acids is 2. The van der Waals surface area contributed by atoms with E-state index in [-0.39, 0.29) is 34.8 Å². The molecule has 16 heteroatoms. The van der Waals surface area contributed by atoms with Gasteiger partial charge in [-0.1, -0.05) is 19.1 Å². The number of fused-ring (bicyclic) bond motifs is 2. The summed E-state index contributed by atoms with van der Waals surface area (Å²) in [5, 5.41) is 8.19. The fraction of sp³-hybridized carbons (Fsp3) is 0.364. The van der Waals surface area contributed by atoms with Crippen LogP contribution < -0.4 is 15.8 Å². The zero-order valence-corrected chi connectivity index (χ0v) is 28.0. The number of aromatic nitrogens is 4. The highest BCUT2D eigenvalue weighted by Gasteiger charge is 2.31. The lowest BCUT2D eigenvalue weighted by atomic mass is 10.1. The molecule has 4 heterocycles. The van der Waals surface area contributed by atoms with E-state index in [0.29, 0.717) is 60.8 Å². The molecule has 0 unspecified atom stereocenters. The third-order valence-electron chi connectivity index (χ3n) is 7.80. The van der Waals surface area contributed by atoms with Crippen LogP contribution in [0.2, 0.25) is 0 Å². The lowest BCUT2D eigenvalue weighted by Crippen LogP contribution is -2.51. The quantitative estimate of drug-likeness (QED) is 0.199. The molecule has 1 aliphatic heterocycles. The second kappa shape index (κ2) is 13.1. The second-order valence-corrected chi connectivity index (χ2v) is 13.6. The van der Waals surface area contributed by atoms with Crippen LogP contribution in [0.4, 0.5) is 29.3 Å². The van der Waals surface area contributed by atoms with E-state index in [1.165, 1.54) is 28.8 Å². The van der Waals surface area contributed by atoms with E-state index in [1.54, 1.807) is 42.6 Å². The van der Waals surface area contributed by atoms with Gasteiger partial charge in [0.25, 0.3) is 5.56 Å². The van der Waals surface area contributed by atoms with E-state index in [9.17, 15) is 27.6 Å². The number of nitrogens with one attached hydrogen (secondary N) is 1. The predicted octanol–water partition coefficient (Wildman–Crippen LogP) is 6.17. The Balaban J connectivity index is 1.36. The van der Waals surface area contributed by atoms with Gasteiger partial charge in [-0.25, -0.2) is 4.79 Å². The van der Waals surface area contributed by atoms with Crippen molar-refractivity contribution in [1.82, 2.24) is 24.1 Å². The average molecular weight is 698 g/mol. The highest BCUT2D eigenvalue weighted by molar-refractivity contribution is 8.00. The topological polar surface area (TPSA) is 127 Å². The maximum atomic E-state index is 14.2. The summed E-state index contributed by atoms with van der Waals surface area (Å²) >= 11 is -0.245. The lowest BCUT2D eigenvalue weighted by Gasteiger charge is -2.37. The molecule has 5 aromatic rings. The van der Waals surface area contributed by atoms with Gasteiger partial charge in [-0.05, 0) is 75.4 Å². The number of nitrogens with zero attached hydrogens (tertiary/aromatic N) is 6. The van der Waals surface area contributed by atoms with Crippen LogP contribution in [0, 0.1) is 0 Å². The molecule has 3 aromatic heterocycles. The summed E-state index contributed by atoms with van der Waals surface area (Å²) in [6, 6.07) is 12.6. The Hall–Kier alpha value is -4.99. The van der Waals surface area contributed by atoms with Gasteiger partial charge in [0, 0.05) is 47.7 Å². The summed E-state index contributed by atoms with van der Waals surface area (Å²) in [4.78, 5) is 48.5. The number of anilines is 2. The van der Waals surface area contributed by atoms with Gasteiger partial charge in [-0.3, -0.25) is 9.59 Å². The van der Waals surface area contributed by atoms with Crippen molar-refractivity contribution in [3.05, 3.63) is 70.8 Å². The Morgan fingerprint density at radius 3 is 2.39 bits per heavy atom. The largest absolute Gasteiger partial charge is 0.464 e. The number of rotatable bonds is 7. The summed E-state index contributed by atoms with van der Waals surface area (Å²) in [7, 11) is 0. The SMILES string of the molecule is CCc1c(N2CCN(C(=O)OC(C)(C)C)CC2)c(=O)n2nc(-c3ccc4ccoc4c3)nc2n1CC(=O)Nc1ccc(SC(F)(F)F)cc1. The molecule has 0 saturated carbocycles. The minimum absolute atomic E-state index is 0.0129. The van der Waals surface area contributed by atoms with Gasteiger partial charge < -0.3 is 28.8 Å². The summed E-state index contributed by atoms with van der Waals surface area (Å²) in [6.45, 7) is 8.26. The zero-order valence-electron chi connectivity index (χ0n) is 27.2. The number of benzene rings is 2. The molecule has 0 radical (unpaired) electrons. The Labute approximate surface area is 282 Å². The van der Waals surface area contributed by atoms with Crippen molar-refractivity contribution < 1.29 is 31.9 Å². The van der Waals surface area contributed by atoms with Gasteiger partial charge in [0.1, 0.15) is 23.4 Å². The third kappa shape index (κ3) is 7.53. The maximum absolute atomic E-state index is 14.2. The van der Waals surface area contributed by atoms with E-state index >= 15 is 0 Å². The molecule has 49 heavy (non-hydrogen) atoms. The first-order chi connectivity index (χ1) is 23.2. The highest BCUT2D eigenvalue weighted by Crippen LogP contribution is 2.37. The van der Waals surface area contributed by atoms with Crippen LogP contribution in [-0.2, 0) is 22.5 Å².